The lowest BCUT2D eigenvalue weighted by atomic mass is 9.92. The van der Waals surface area contributed by atoms with E-state index in [1.807, 2.05) is 0 Å². The van der Waals surface area contributed by atoms with Crippen LogP contribution in [0, 0.1) is 5.92 Å². The molecule has 0 unspecified atom stereocenters. The first-order chi connectivity index (χ1) is 8.05. The number of hydrogen-bond acceptors (Lipinski definition) is 1. The molecule has 0 amide bonds. The lowest BCUT2D eigenvalue weighted by Crippen LogP contribution is -2.17. The Kier molecular flexibility index (Phi) is 3.72. The summed E-state index contributed by atoms with van der Waals surface area (Å²) in [7, 11) is 0. The average molecular weight is 244 g/mol. The molecule has 1 aliphatic heterocycles. The van der Waals surface area contributed by atoms with Crippen LogP contribution in [0.25, 0.3) is 0 Å². The lowest BCUT2D eigenvalue weighted by Gasteiger charge is -2.22. The average Bonchev–Trinajstić information content (AvgIpc) is 2.29. The molecule has 1 saturated heterocycles. The van der Waals surface area contributed by atoms with E-state index in [0.29, 0.717) is 12.3 Å². The molecule has 0 bridgehead atoms. The zero-order valence-corrected chi connectivity index (χ0v) is 9.46. The van der Waals surface area contributed by atoms with Crippen LogP contribution in [-0.4, -0.2) is 13.2 Å². The minimum atomic E-state index is -4.24. The van der Waals surface area contributed by atoms with Crippen LogP contribution in [0.4, 0.5) is 13.2 Å². The fraction of sp³-hybridized carbons (Fsp3) is 0.538. The number of alkyl halides is 3. The molecular formula is C13H15F3O. The Morgan fingerprint density at radius 1 is 1.18 bits per heavy atom. The Bertz CT molecular complexity index is 367. The van der Waals surface area contributed by atoms with E-state index in [-0.39, 0.29) is 0 Å². The first-order valence-electron chi connectivity index (χ1n) is 5.79. The predicted molar refractivity (Wildman–Crippen MR) is 58.7 cm³/mol. The van der Waals surface area contributed by atoms with Gasteiger partial charge in [0.1, 0.15) is 0 Å². The van der Waals surface area contributed by atoms with E-state index in [1.165, 1.54) is 12.1 Å². The topological polar surface area (TPSA) is 9.23 Å². The summed E-state index contributed by atoms with van der Waals surface area (Å²) in [6, 6.07) is 5.63. The summed E-state index contributed by atoms with van der Waals surface area (Å²) in [4.78, 5) is 0. The number of rotatable bonds is 2. The molecule has 1 nitrogen and oxygen atoms in total. The highest BCUT2D eigenvalue weighted by molar-refractivity contribution is 5.26. The summed E-state index contributed by atoms with van der Waals surface area (Å²) in [5.41, 5.74) is 0.216. The maximum Gasteiger partial charge on any atom is 0.416 e. The van der Waals surface area contributed by atoms with Gasteiger partial charge >= 0.3 is 6.18 Å². The summed E-state index contributed by atoms with van der Waals surface area (Å²) in [5, 5.41) is 0. The van der Waals surface area contributed by atoms with Crippen molar-refractivity contribution in [3.8, 4) is 0 Å². The van der Waals surface area contributed by atoms with Gasteiger partial charge in [-0.1, -0.05) is 18.2 Å². The fourth-order valence-corrected chi connectivity index (χ4v) is 2.16. The van der Waals surface area contributed by atoms with Gasteiger partial charge in [-0.05, 0) is 36.8 Å². The van der Waals surface area contributed by atoms with Crippen molar-refractivity contribution < 1.29 is 17.9 Å². The van der Waals surface area contributed by atoms with E-state index in [0.717, 1.165) is 37.7 Å². The van der Waals surface area contributed by atoms with Crippen LogP contribution in [-0.2, 0) is 17.3 Å². The van der Waals surface area contributed by atoms with Crippen molar-refractivity contribution in [2.75, 3.05) is 13.2 Å². The molecule has 1 aromatic rings. The van der Waals surface area contributed by atoms with Gasteiger partial charge in [-0.25, -0.2) is 0 Å². The van der Waals surface area contributed by atoms with Crippen LogP contribution in [0.1, 0.15) is 24.0 Å². The van der Waals surface area contributed by atoms with Crippen molar-refractivity contribution in [3.63, 3.8) is 0 Å². The second-order valence-electron chi connectivity index (χ2n) is 4.46. The molecule has 0 atom stereocenters. The van der Waals surface area contributed by atoms with Gasteiger partial charge in [-0.2, -0.15) is 13.2 Å². The van der Waals surface area contributed by atoms with Crippen molar-refractivity contribution in [1.82, 2.24) is 0 Å². The Morgan fingerprint density at radius 2 is 1.88 bits per heavy atom. The van der Waals surface area contributed by atoms with Crippen LogP contribution in [0.2, 0.25) is 0 Å². The van der Waals surface area contributed by atoms with E-state index in [4.69, 9.17) is 4.74 Å². The smallest absolute Gasteiger partial charge is 0.381 e. The molecule has 1 fully saturated rings. The van der Waals surface area contributed by atoms with Crippen molar-refractivity contribution >= 4 is 0 Å². The SMILES string of the molecule is FC(F)(F)c1cccc(CC2CCOCC2)c1. The van der Waals surface area contributed by atoms with E-state index in [1.54, 1.807) is 6.07 Å². The van der Waals surface area contributed by atoms with Crippen molar-refractivity contribution in [2.24, 2.45) is 5.92 Å². The van der Waals surface area contributed by atoms with Crippen molar-refractivity contribution in [1.29, 1.82) is 0 Å². The zero-order valence-electron chi connectivity index (χ0n) is 9.46. The fourth-order valence-electron chi connectivity index (χ4n) is 2.16. The highest BCUT2D eigenvalue weighted by Gasteiger charge is 2.30. The standard InChI is InChI=1S/C13H15F3O/c14-13(15,16)12-3-1-2-11(9-12)8-10-4-6-17-7-5-10/h1-3,9-10H,4-8H2. The quantitative estimate of drug-likeness (QED) is 0.771. The van der Waals surface area contributed by atoms with Gasteiger partial charge in [-0.3, -0.25) is 0 Å². The molecule has 2 rings (SSSR count). The van der Waals surface area contributed by atoms with Crippen LogP contribution >= 0.6 is 0 Å². The normalized spacial score (nSPS) is 18.3. The van der Waals surface area contributed by atoms with E-state index >= 15 is 0 Å². The third kappa shape index (κ3) is 3.46. The number of ether oxygens (including phenoxy) is 1. The first-order valence-corrected chi connectivity index (χ1v) is 5.79. The van der Waals surface area contributed by atoms with E-state index in [2.05, 4.69) is 0 Å². The van der Waals surface area contributed by atoms with Crippen molar-refractivity contribution in [2.45, 2.75) is 25.4 Å². The maximum atomic E-state index is 12.5. The molecule has 0 N–H and O–H groups in total. The van der Waals surface area contributed by atoms with Crippen LogP contribution in [0.3, 0.4) is 0 Å². The molecule has 0 spiro atoms. The Morgan fingerprint density at radius 3 is 2.53 bits per heavy atom. The molecule has 17 heavy (non-hydrogen) atoms. The minimum Gasteiger partial charge on any atom is -0.381 e. The largest absolute Gasteiger partial charge is 0.416 e. The number of halogens is 3. The van der Waals surface area contributed by atoms with Gasteiger partial charge in [0, 0.05) is 13.2 Å². The highest BCUT2D eigenvalue weighted by Crippen LogP contribution is 2.30. The van der Waals surface area contributed by atoms with Gasteiger partial charge in [0.05, 0.1) is 5.56 Å². The summed E-state index contributed by atoms with van der Waals surface area (Å²) in [6.07, 6.45) is -1.65. The minimum absolute atomic E-state index is 0.451. The molecule has 1 aliphatic rings. The molecule has 1 heterocycles. The lowest BCUT2D eigenvalue weighted by molar-refractivity contribution is -0.137. The van der Waals surface area contributed by atoms with E-state index in [9.17, 15) is 13.2 Å². The third-order valence-electron chi connectivity index (χ3n) is 3.12. The number of benzene rings is 1. The second-order valence-corrected chi connectivity index (χ2v) is 4.46. The van der Waals surface area contributed by atoms with Crippen molar-refractivity contribution in [3.05, 3.63) is 35.4 Å². The Labute approximate surface area is 98.6 Å². The van der Waals surface area contributed by atoms with Gasteiger partial charge < -0.3 is 4.74 Å². The first kappa shape index (κ1) is 12.4. The zero-order chi connectivity index (χ0) is 12.3. The third-order valence-corrected chi connectivity index (χ3v) is 3.12. The van der Waals surface area contributed by atoms with Crippen LogP contribution < -0.4 is 0 Å². The predicted octanol–water partition coefficient (Wildman–Crippen LogP) is 3.67. The van der Waals surface area contributed by atoms with Gasteiger partial charge in [0.15, 0.2) is 0 Å². The molecule has 0 radical (unpaired) electrons. The molecular weight excluding hydrogens is 229 g/mol. The molecule has 0 aliphatic carbocycles. The van der Waals surface area contributed by atoms with Crippen LogP contribution in [0.5, 0.6) is 0 Å². The summed E-state index contributed by atoms with van der Waals surface area (Å²) < 4.78 is 42.8. The highest BCUT2D eigenvalue weighted by atomic mass is 19.4. The summed E-state index contributed by atoms with van der Waals surface area (Å²) >= 11 is 0. The Hall–Kier alpha value is -1.03. The van der Waals surface area contributed by atoms with Crippen LogP contribution in [0.15, 0.2) is 24.3 Å². The molecule has 4 heteroatoms. The monoisotopic (exact) mass is 244 g/mol. The van der Waals surface area contributed by atoms with Gasteiger partial charge in [0.25, 0.3) is 0 Å². The molecule has 1 aromatic carbocycles. The Balaban J connectivity index is 2.05. The van der Waals surface area contributed by atoms with Gasteiger partial charge in [0.2, 0.25) is 0 Å². The molecule has 94 valence electrons. The second kappa shape index (κ2) is 5.08. The maximum absolute atomic E-state index is 12.5. The molecule has 0 aromatic heterocycles. The number of hydrogen-bond donors (Lipinski definition) is 0. The summed E-state index contributed by atoms with van der Waals surface area (Å²) in [5.74, 6) is 0.451. The summed E-state index contributed by atoms with van der Waals surface area (Å²) in [6.45, 7) is 1.45. The van der Waals surface area contributed by atoms with E-state index < -0.39 is 11.7 Å². The molecule has 0 saturated carbocycles. The van der Waals surface area contributed by atoms with Gasteiger partial charge in [-0.15, -0.1) is 0 Å².